The minimum atomic E-state index is -0.807. The normalized spacial score (nSPS) is 13.9. The molecule has 0 spiro atoms. The first kappa shape index (κ1) is 13.7. The van der Waals surface area contributed by atoms with Crippen molar-refractivity contribution >= 4 is 17.6 Å². The highest BCUT2D eigenvalue weighted by atomic mass is 35.5. The number of esters is 1. The molecule has 0 fully saturated rings. The molecule has 0 aromatic heterocycles. The quantitative estimate of drug-likeness (QED) is 0.664. The van der Waals surface area contributed by atoms with Gasteiger partial charge in [-0.3, -0.25) is 0 Å². The Balaban J connectivity index is 2.82. The van der Waals surface area contributed by atoms with Gasteiger partial charge in [0.05, 0.1) is 13.2 Å². The molecular weight excluding hydrogens is 240 g/mol. The van der Waals surface area contributed by atoms with E-state index in [0.29, 0.717) is 10.6 Å². The summed E-state index contributed by atoms with van der Waals surface area (Å²) < 4.78 is 4.57. The van der Waals surface area contributed by atoms with E-state index in [9.17, 15) is 9.90 Å². The van der Waals surface area contributed by atoms with Crippen molar-refractivity contribution in [3.8, 4) is 0 Å². The van der Waals surface area contributed by atoms with E-state index in [4.69, 9.17) is 11.6 Å². The predicted molar refractivity (Wildman–Crippen MR) is 66.7 cm³/mol. The lowest BCUT2D eigenvalue weighted by Gasteiger charge is -2.20. The fourth-order valence-electron chi connectivity index (χ4n) is 1.46. The Kier molecular flexibility index (Phi) is 4.73. The van der Waals surface area contributed by atoms with Gasteiger partial charge in [0.15, 0.2) is 0 Å². The van der Waals surface area contributed by atoms with E-state index in [0.717, 1.165) is 0 Å². The monoisotopic (exact) mass is 254 g/mol. The van der Waals surface area contributed by atoms with Crippen LogP contribution in [0.5, 0.6) is 0 Å². The first-order chi connectivity index (χ1) is 7.97. The molecule has 2 atom stereocenters. The number of hydrogen-bond acceptors (Lipinski definition) is 3. The molecule has 3 nitrogen and oxygen atoms in total. The number of carbonyl (C=O) groups excluding carboxylic acids is 1. The second-order valence-electron chi connectivity index (χ2n) is 3.80. The van der Waals surface area contributed by atoms with Crippen LogP contribution in [0.2, 0.25) is 5.02 Å². The van der Waals surface area contributed by atoms with Crippen LogP contribution in [0.1, 0.15) is 18.6 Å². The number of methoxy groups -OCH3 is 1. The lowest BCUT2D eigenvalue weighted by atomic mass is 9.91. The van der Waals surface area contributed by atoms with Gasteiger partial charge in [-0.05, 0) is 17.7 Å². The molecule has 0 aliphatic rings. The summed E-state index contributed by atoms with van der Waals surface area (Å²) >= 11 is 5.76. The van der Waals surface area contributed by atoms with Crippen molar-refractivity contribution in [2.45, 2.75) is 13.0 Å². The van der Waals surface area contributed by atoms with Crippen molar-refractivity contribution in [3.63, 3.8) is 0 Å². The molecule has 0 heterocycles. The number of ether oxygens (including phenoxy) is 1. The number of halogens is 1. The van der Waals surface area contributed by atoms with Crippen molar-refractivity contribution in [2.75, 3.05) is 7.11 Å². The molecule has 0 aliphatic carbocycles. The van der Waals surface area contributed by atoms with Crippen LogP contribution < -0.4 is 0 Å². The summed E-state index contributed by atoms with van der Waals surface area (Å²) in [6, 6.07) is 6.81. The molecule has 1 aromatic rings. The third-order valence-electron chi connectivity index (χ3n) is 2.68. The summed E-state index contributed by atoms with van der Waals surface area (Å²) in [5.41, 5.74) is 0.932. The highest BCUT2D eigenvalue weighted by Gasteiger charge is 2.23. The Morgan fingerprint density at radius 1 is 1.41 bits per heavy atom. The molecule has 0 aliphatic heterocycles. The summed E-state index contributed by atoms with van der Waals surface area (Å²) in [5, 5.41) is 10.7. The Morgan fingerprint density at radius 3 is 2.41 bits per heavy atom. The molecule has 1 N–H and O–H groups in total. The average Bonchev–Trinajstić information content (AvgIpc) is 2.36. The van der Waals surface area contributed by atoms with Gasteiger partial charge in [0.1, 0.15) is 0 Å². The number of hydrogen-bond donors (Lipinski definition) is 1. The van der Waals surface area contributed by atoms with Crippen LogP contribution in [-0.4, -0.2) is 18.2 Å². The van der Waals surface area contributed by atoms with E-state index >= 15 is 0 Å². The third-order valence-corrected chi connectivity index (χ3v) is 2.93. The Labute approximate surface area is 106 Å². The zero-order valence-corrected chi connectivity index (χ0v) is 10.6. The number of aliphatic hydroxyl groups is 1. The van der Waals surface area contributed by atoms with E-state index in [-0.39, 0.29) is 5.57 Å². The highest BCUT2D eigenvalue weighted by Crippen LogP contribution is 2.28. The first-order valence-corrected chi connectivity index (χ1v) is 5.55. The van der Waals surface area contributed by atoms with Crippen LogP contribution in [0.4, 0.5) is 0 Å². The van der Waals surface area contributed by atoms with Gasteiger partial charge in [-0.15, -0.1) is 0 Å². The van der Waals surface area contributed by atoms with E-state index in [1.165, 1.54) is 7.11 Å². The molecule has 1 aromatic carbocycles. The number of rotatable bonds is 4. The van der Waals surface area contributed by atoms with Crippen LogP contribution in [0.25, 0.3) is 0 Å². The summed E-state index contributed by atoms with van der Waals surface area (Å²) in [6.45, 7) is 5.35. The number of benzene rings is 1. The standard InChI is InChI=1S/C13H15ClO3/c1-8(9(2)13(16)17-3)12(15)10-4-6-11(14)7-5-10/h4-8,12,15H,2H2,1,3H3/t8-,12-/m0/s1. The van der Waals surface area contributed by atoms with E-state index < -0.39 is 18.0 Å². The zero-order chi connectivity index (χ0) is 13.0. The maximum atomic E-state index is 11.3. The van der Waals surface area contributed by atoms with Crippen LogP contribution in [-0.2, 0) is 9.53 Å². The first-order valence-electron chi connectivity index (χ1n) is 5.18. The minimum Gasteiger partial charge on any atom is -0.466 e. The van der Waals surface area contributed by atoms with Crippen LogP contribution in [0, 0.1) is 5.92 Å². The molecule has 4 heteroatoms. The van der Waals surface area contributed by atoms with Crippen LogP contribution in [0.3, 0.4) is 0 Å². The Bertz CT molecular complexity index is 411. The van der Waals surface area contributed by atoms with E-state index in [1.54, 1.807) is 31.2 Å². The summed E-state index contributed by atoms with van der Waals surface area (Å²) in [5.74, 6) is -0.922. The predicted octanol–water partition coefficient (Wildman–Crippen LogP) is 2.74. The van der Waals surface area contributed by atoms with Crippen molar-refractivity contribution in [1.29, 1.82) is 0 Å². The van der Waals surface area contributed by atoms with Gasteiger partial charge in [0.2, 0.25) is 0 Å². The maximum absolute atomic E-state index is 11.3. The molecule has 0 radical (unpaired) electrons. The maximum Gasteiger partial charge on any atom is 0.333 e. The fourth-order valence-corrected chi connectivity index (χ4v) is 1.58. The van der Waals surface area contributed by atoms with Gasteiger partial charge in [-0.1, -0.05) is 37.2 Å². The second-order valence-corrected chi connectivity index (χ2v) is 4.24. The molecular formula is C13H15ClO3. The van der Waals surface area contributed by atoms with Crippen molar-refractivity contribution in [2.24, 2.45) is 5.92 Å². The Morgan fingerprint density at radius 2 is 1.94 bits per heavy atom. The Hall–Kier alpha value is -1.32. The van der Waals surface area contributed by atoms with Gasteiger partial charge < -0.3 is 9.84 Å². The van der Waals surface area contributed by atoms with Gasteiger partial charge in [0.25, 0.3) is 0 Å². The second kappa shape index (κ2) is 5.84. The molecule has 0 unspecified atom stereocenters. The van der Waals surface area contributed by atoms with Crippen molar-refractivity contribution < 1.29 is 14.6 Å². The lowest BCUT2D eigenvalue weighted by Crippen LogP contribution is -2.17. The molecule has 0 bridgehead atoms. The minimum absolute atomic E-state index is 0.245. The molecule has 92 valence electrons. The molecule has 17 heavy (non-hydrogen) atoms. The average molecular weight is 255 g/mol. The van der Waals surface area contributed by atoms with Crippen LogP contribution >= 0.6 is 11.6 Å². The fraction of sp³-hybridized carbons (Fsp3) is 0.308. The van der Waals surface area contributed by atoms with Crippen molar-refractivity contribution in [3.05, 3.63) is 47.0 Å². The summed E-state index contributed by atoms with van der Waals surface area (Å²) in [4.78, 5) is 11.3. The van der Waals surface area contributed by atoms with Gasteiger partial charge >= 0.3 is 5.97 Å². The van der Waals surface area contributed by atoms with Gasteiger partial charge in [-0.2, -0.15) is 0 Å². The summed E-state index contributed by atoms with van der Waals surface area (Å²) in [6.07, 6.45) is -0.807. The molecule has 0 saturated carbocycles. The largest absolute Gasteiger partial charge is 0.466 e. The van der Waals surface area contributed by atoms with Crippen LogP contribution in [0.15, 0.2) is 36.4 Å². The van der Waals surface area contributed by atoms with Crippen molar-refractivity contribution in [1.82, 2.24) is 0 Å². The van der Waals surface area contributed by atoms with E-state index in [2.05, 4.69) is 11.3 Å². The number of carbonyl (C=O) groups is 1. The van der Waals surface area contributed by atoms with E-state index in [1.807, 2.05) is 0 Å². The molecule has 0 amide bonds. The molecule has 0 saturated heterocycles. The zero-order valence-electron chi connectivity index (χ0n) is 9.81. The highest BCUT2D eigenvalue weighted by molar-refractivity contribution is 6.30. The summed E-state index contributed by atoms with van der Waals surface area (Å²) in [7, 11) is 1.29. The third kappa shape index (κ3) is 3.32. The molecule has 1 rings (SSSR count). The lowest BCUT2D eigenvalue weighted by molar-refractivity contribution is -0.137. The van der Waals surface area contributed by atoms with Gasteiger partial charge in [0, 0.05) is 16.5 Å². The van der Waals surface area contributed by atoms with Gasteiger partial charge in [-0.25, -0.2) is 4.79 Å². The SMILES string of the molecule is C=C(C(=O)OC)[C@H](C)[C@H](O)c1ccc(Cl)cc1. The smallest absolute Gasteiger partial charge is 0.333 e. The topological polar surface area (TPSA) is 46.5 Å². The number of aliphatic hydroxyl groups excluding tert-OH is 1.